The number of amides is 8. The predicted octanol–water partition coefficient (Wildman–Crippen LogP) is 1.97. The third kappa shape index (κ3) is 40.9. The molecule has 3 aromatic rings. The fourth-order valence-corrected chi connectivity index (χ4v) is 17.8. The van der Waals surface area contributed by atoms with E-state index in [2.05, 4.69) is 36.8 Å². The summed E-state index contributed by atoms with van der Waals surface area (Å²) in [6.45, 7) is 13.5. The minimum atomic E-state index is -1.44. The number of benzene rings is 3. The summed E-state index contributed by atoms with van der Waals surface area (Å²) in [5, 5.41) is 26.9. The second-order valence-electron chi connectivity index (χ2n) is 35.8. The van der Waals surface area contributed by atoms with Gasteiger partial charge in [-0.05, 0) is 68.1 Å². The van der Waals surface area contributed by atoms with Crippen LogP contribution >= 0.6 is 0 Å². The first-order valence-corrected chi connectivity index (χ1v) is 49.5. The topological polar surface area (TPSA) is 602 Å². The van der Waals surface area contributed by atoms with Crippen molar-refractivity contribution >= 4 is 113 Å². The third-order valence-electron chi connectivity index (χ3n) is 23.8. The Morgan fingerprint density at radius 3 is 0.758 bits per heavy atom. The van der Waals surface area contributed by atoms with Crippen molar-refractivity contribution in [2.75, 3.05) is 105 Å². The molecule has 20 atom stereocenters. The molecular weight excluding hydrogens is 1960 g/mol. The Balaban J connectivity index is 1.23. The number of unbranched alkanes of at least 4 members (excludes halogenated alkanes) is 4. The van der Waals surface area contributed by atoms with Crippen molar-refractivity contribution in [2.24, 2.45) is 0 Å². The molecule has 12 unspecified atom stereocenters. The molecule has 149 heavy (non-hydrogen) atoms. The molecule has 4 saturated heterocycles. The average molecular weight is 2110 g/mol. The van der Waals surface area contributed by atoms with Gasteiger partial charge in [0.2, 0.25) is 47.3 Å². The maximum Gasteiger partial charge on any atom is 0.303 e. The molecule has 4 aliphatic heterocycles. The van der Waals surface area contributed by atoms with Crippen molar-refractivity contribution in [1.29, 1.82) is 0 Å². The van der Waals surface area contributed by atoms with Gasteiger partial charge in [-0.2, -0.15) is 0 Å². The van der Waals surface area contributed by atoms with E-state index in [9.17, 15) is 86.6 Å². The van der Waals surface area contributed by atoms with Gasteiger partial charge in [-0.25, -0.2) is 0 Å². The highest BCUT2D eigenvalue weighted by Crippen LogP contribution is 2.43. The van der Waals surface area contributed by atoms with E-state index < -0.39 is 267 Å². The SMILES string of the molecule is CC(=O)NC1C(OC(C)=O)[C@@H](OC(C)=O)C(CO)O[C@H]1OCCCCC(=O)NCCN(CCN(CCN(CCNC(=O)CCCCO[C@@H]1OC(COC(C)=O)[C@H](OC(C)=O)C(OC(C)=O)C1NC(C)=O)C(=O)CCCCO[C@@H]1OC(COC(C)=O)[C@H](OC(C)=O)C(OC(C)=O)C1NC(C)=O)C(c1ccccc1)(c1ccccc1)c1ccccc1)C(=O)CCCCO[C@@H]1OC(COC(C)=O)[C@H](OC(C)=O)C(OC(C)=O)C1NC(C)=O. The molecule has 0 radical (unpaired) electrons. The van der Waals surface area contributed by atoms with Crippen LogP contribution in [0.4, 0.5) is 0 Å². The Kier molecular flexibility index (Phi) is 52.3. The van der Waals surface area contributed by atoms with Crippen LogP contribution in [0.5, 0.6) is 0 Å². The summed E-state index contributed by atoms with van der Waals surface area (Å²) in [4.78, 5) is 253. The lowest BCUT2D eigenvalue weighted by Gasteiger charge is -2.47. The largest absolute Gasteiger partial charge is 0.463 e. The van der Waals surface area contributed by atoms with Crippen molar-refractivity contribution in [2.45, 2.75) is 309 Å². The van der Waals surface area contributed by atoms with Crippen LogP contribution in [-0.2, 0) is 187 Å². The molecule has 7 rings (SSSR count). The molecule has 4 fully saturated rings. The molecule has 3 aromatic carbocycles. The number of nitrogens with zero attached hydrogens (tertiary/aromatic N) is 3. The average Bonchev–Trinajstić information content (AvgIpc) is 0.734. The van der Waals surface area contributed by atoms with Crippen molar-refractivity contribution < 1.29 is 186 Å². The molecule has 8 amide bonds. The minimum Gasteiger partial charge on any atom is -0.463 e. The number of esters is 11. The Morgan fingerprint density at radius 1 is 0.289 bits per heavy atom. The fraction of sp³-hybridized carbons (Fsp3) is 0.634. The summed E-state index contributed by atoms with van der Waals surface area (Å²) >= 11 is 0. The van der Waals surface area contributed by atoms with E-state index >= 15 is 9.59 Å². The van der Waals surface area contributed by atoms with Crippen molar-refractivity contribution in [3.8, 4) is 0 Å². The highest BCUT2D eigenvalue weighted by atomic mass is 16.7. The fourth-order valence-electron chi connectivity index (χ4n) is 17.8. The molecular formula is C101H143N9O39. The molecule has 0 spiro atoms. The lowest BCUT2D eigenvalue weighted by atomic mass is 9.75. The number of hydrogen-bond acceptors (Lipinski definition) is 40. The number of hydrogen-bond donors (Lipinski definition) is 7. The van der Waals surface area contributed by atoms with Crippen LogP contribution in [0.2, 0.25) is 0 Å². The van der Waals surface area contributed by atoms with Gasteiger partial charge in [0, 0.05) is 208 Å². The molecule has 0 aliphatic carbocycles. The Bertz CT molecular complexity index is 4690. The molecule has 0 saturated carbocycles. The zero-order valence-electron chi connectivity index (χ0n) is 86.8. The van der Waals surface area contributed by atoms with Crippen LogP contribution in [0.1, 0.15) is 198 Å². The van der Waals surface area contributed by atoms with Crippen LogP contribution in [0.25, 0.3) is 0 Å². The molecule has 4 heterocycles. The van der Waals surface area contributed by atoms with Crippen molar-refractivity contribution in [1.82, 2.24) is 46.6 Å². The smallest absolute Gasteiger partial charge is 0.303 e. The van der Waals surface area contributed by atoms with Crippen LogP contribution in [0.15, 0.2) is 91.0 Å². The van der Waals surface area contributed by atoms with Crippen LogP contribution in [0, 0.1) is 0 Å². The molecule has 48 nitrogen and oxygen atoms in total. The highest BCUT2D eigenvalue weighted by Gasteiger charge is 2.56. The van der Waals surface area contributed by atoms with Gasteiger partial charge in [-0.3, -0.25) is 96.0 Å². The maximum absolute atomic E-state index is 15.6. The number of nitrogens with one attached hydrogen (secondary N) is 6. The Morgan fingerprint density at radius 2 is 0.523 bits per heavy atom. The van der Waals surface area contributed by atoms with E-state index in [1.54, 1.807) is 9.80 Å². The van der Waals surface area contributed by atoms with Crippen molar-refractivity contribution in [3.63, 3.8) is 0 Å². The van der Waals surface area contributed by atoms with Gasteiger partial charge in [0.05, 0.1) is 12.1 Å². The number of aliphatic hydroxyl groups excluding tert-OH is 1. The Labute approximate surface area is 863 Å². The quantitative estimate of drug-likeness (QED) is 0.0184. The maximum atomic E-state index is 15.6. The second kappa shape index (κ2) is 63.2. The van der Waals surface area contributed by atoms with Crippen molar-refractivity contribution in [3.05, 3.63) is 108 Å². The molecule has 7 N–H and O–H groups in total. The van der Waals surface area contributed by atoms with Crippen LogP contribution in [-0.4, -0.2) is 361 Å². The van der Waals surface area contributed by atoms with E-state index in [0.29, 0.717) is 0 Å². The van der Waals surface area contributed by atoms with E-state index in [4.69, 9.17) is 90.0 Å². The number of carbonyl (C=O) groups is 19. The zero-order chi connectivity index (χ0) is 110. The van der Waals surface area contributed by atoms with Gasteiger partial charge < -0.3 is 137 Å². The first-order chi connectivity index (χ1) is 70.9. The highest BCUT2D eigenvalue weighted by molar-refractivity contribution is 5.80. The monoisotopic (exact) mass is 2110 g/mol. The number of rotatable bonds is 59. The van der Waals surface area contributed by atoms with Gasteiger partial charge in [-0.15, -0.1) is 0 Å². The first kappa shape index (κ1) is 123. The van der Waals surface area contributed by atoms with E-state index in [1.165, 1.54) is 27.7 Å². The summed E-state index contributed by atoms with van der Waals surface area (Å²) in [6.07, 6.45) is -21.2. The van der Waals surface area contributed by atoms with E-state index in [-0.39, 0.29) is 156 Å². The first-order valence-electron chi connectivity index (χ1n) is 49.5. The number of aliphatic hydroxyl groups is 1. The molecule has 0 aromatic heterocycles. The Hall–Kier alpha value is -12.8. The molecule has 48 heteroatoms. The van der Waals surface area contributed by atoms with Gasteiger partial charge >= 0.3 is 65.7 Å². The molecule has 826 valence electrons. The molecule has 4 aliphatic rings. The second-order valence-corrected chi connectivity index (χ2v) is 35.8. The standard InChI is InChI=1S/C101H143N9O39/c1-59(112)104-85-93(142-70(12)123)89(138-66(8)119)77(55-111)146-97(85)131-51-29-25-39-81(127)102-43-45-108(83(129)41-27-31-53-133-99-87(106-61(3)114)95(144-72(14)125)91(140-68(10)121)79(148-99)57-136-64(6)117)47-49-110(101(74-33-19-16-20-34-74,75-35-21-17-22-36-75)76-37-23-18-24-38-76)50-48-109(84(130)42-28-32-54-134-100-88(107-62(4)115)96(145-73(15)126)92(141-69(11)122)80(149-100)58-137-65(7)118)46-44-103-82(128)40-26-30-52-132-98-86(105-60(2)113)94(143-71(13)124)90(139-67(9)120)78(147-98)56-135-63(5)116/h16-24,33-38,77-80,85-100,111H,25-32,39-58H2,1-15H3,(H,102,127)(H,103,128)(H,104,112)(H,105,113)(H,106,114)(H,107,115)/t77?,78?,79?,80?,85?,86?,87?,88?,89-,90-,91-,92-,93?,94?,95?,96?,97+,98+,99+,100+/m0/s1. The minimum absolute atomic E-state index is 0.00260. The lowest BCUT2D eigenvalue weighted by molar-refractivity contribution is -0.277. The summed E-state index contributed by atoms with van der Waals surface area (Å²) in [5.41, 5.74) is 0.902. The number of ether oxygens (including phenoxy) is 19. The van der Waals surface area contributed by atoms with Gasteiger partial charge in [0.25, 0.3) is 0 Å². The predicted molar refractivity (Wildman–Crippen MR) is 516 cm³/mol. The summed E-state index contributed by atoms with van der Waals surface area (Å²) in [5.74, 6) is -12.9. The summed E-state index contributed by atoms with van der Waals surface area (Å²) in [7, 11) is 0. The number of carbonyl (C=O) groups excluding carboxylic acids is 19. The zero-order valence-corrected chi connectivity index (χ0v) is 86.8. The van der Waals surface area contributed by atoms with Gasteiger partial charge in [-0.1, -0.05) is 91.0 Å². The normalized spacial score (nSPS) is 23.4. The van der Waals surface area contributed by atoms with Crippen LogP contribution in [0.3, 0.4) is 0 Å². The van der Waals surface area contributed by atoms with Crippen LogP contribution < -0.4 is 31.9 Å². The lowest BCUT2D eigenvalue weighted by Crippen LogP contribution is -2.66. The van der Waals surface area contributed by atoms with Gasteiger partial charge in [0.15, 0.2) is 74.0 Å². The van der Waals surface area contributed by atoms with E-state index in [1.807, 2.05) is 91.0 Å². The molecule has 0 bridgehead atoms. The third-order valence-corrected chi connectivity index (χ3v) is 23.8. The van der Waals surface area contributed by atoms with E-state index in [0.717, 1.165) is 92.9 Å². The van der Waals surface area contributed by atoms with Gasteiger partial charge in [0.1, 0.15) is 68.4 Å². The summed E-state index contributed by atoms with van der Waals surface area (Å²) < 4.78 is 110. The summed E-state index contributed by atoms with van der Waals surface area (Å²) in [6, 6.07) is 23.3.